The van der Waals surface area contributed by atoms with Crippen LogP contribution in [0, 0.1) is 0 Å². The number of carbonyl (C=O) groups is 1. The van der Waals surface area contributed by atoms with E-state index in [0.717, 1.165) is 18.5 Å². The lowest BCUT2D eigenvalue weighted by molar-refractivity contribution is -0.119. The minimum Gasteiger partial charge on any atom is -0.369 e. The average Bonchev–Trinajstić information content (AvgIpc) is 2.92. The molecule has 0 unspecified atom stereocenters. The van der Waals surface area contributed by atoms with E-state index < -0.39 is 0 Å². The fraction of sp³-hybridized carbons (Fsp3) is 0.583. The van der Waals surface area contributed by atoms with Crippen LogP contribution in [-0.4, -0.2) is 33.4 Å². The molecule has 1 amide bonds. The van der Waals surface area contributed by atoms with Gasteiger partial charge in [0.15, 0.2) is 5.82 Å². The summed E-state index contributed by atoms with van der Waals surface area (Å²) in [4.78, 5) is 21.7. The van der Waals surface area contributed by atoms with E-state index in [0.29, 0.717) is 18.4 Å². The number of amides is 1. The lowest BCUT2D eigenvalue weighted by Crippen LogP contribution is -2.39. The van der Waals surface area contributed by atoms with Crippen LogP contribution < -0.4 is 17.0 Å². The standard InChI is InChI=1S/C12H20N6O/c13-11(19)8-18(10-3-1-2-4-10)7-9-5-16-12(17-14)6-15-9/h5-6,10H,1-4,7-8,14H2,(H2,13,19)(H,16,17). The first-order valence-corrected chi connectivity index (χ1v) is 6.49. The second-order valence-corrected chi connectivity index (χ2v) is 4.85. The van der Waals surface area contributed by atoms with E-state index in [2.05, 4.69) is 20.3 Å². The number of nitrogens with one attached hydrogen (secondary N) is 1. The van der Waals surface area contributed by atoms with Gasteiger partial charge in [0.2, 0.25) is 5.91 Å². The van der Waals surface area contributed by atoms with Gasteiger partial charge in [-0.15, -0.1) is 0 Å². The molecule has 1 heterocycles. The van der Waals surface area contributed by atoms with E-state index in [1.165, 1.54) is 12.8 Å². The third-order valence-electron chi connectivity index (χ3n) is 3.42. The molecule has 0 atom stereocenters. The van der Waals surface area contributed by atoms with Crippen LogP contribution in [0.5, 0.6) is 0 Å². The maximum atomic E-state index is 11.2. The lowest BCUT2D eigenvalue weighted by Gasteiger charge is -2.26. The van der Waals surface area contributed by atoms with Crippen molar-refractivity contribution in [3.05, 3.63) is 18.1 Å². The molecule has 1 aromatic rings. The quantitative estimate of drug-likeness (QED) is 0.492. The molecule has 2 rings (SSSR count). The Morgan fingerprint density at radius 3 is 2.63 bits per heavy atom. The highest BCUT2D eigenvalue weighted by atomic mass is 16.1. The van der Waals surface area contributed by atoms with Gasteiger partial charge in [-0.05, 0) is 12.8 Å². The molecule has 0 spiro atoms. The molecular formula is C12H20N6O. The number of nitrogens with two attached hydrogens (primary N) is 2. The highest BCUT2D eigenvalue weighted by Crippen LogP contribution is 2.24. The van der Waals surface area contributed by atoms with Gasteiger partial charge in [-0.25, -0.2) is 10.8 Å². The van der Waals surface area contributed by atoms with Crippen LogP contribution in [-0.2, 0) is 11.3 Å². The molecular weight excluding hydrogens is 244 g/mol. The molecule has 7 heteroatoms. The van der Waals surface area contributed by atoms with Crippen LogP contribution in [0.25, 0.3) is 0 Å². The average molecular weight is 264 g/mol. The van der Waals surface area contributed by atoms with E-state index in [9.17, 15) is 4.79 Å². The Labute approximate surface area is 112 Å². The third kappa shape index (κ3) is 3.87. The molecule has 0 aromatic carbocycles. The highest BCUT2D eigenvalue weighted by molar-refractivity contribution is 5.75. The summed E-state index contributed by atoms with van der Waals surface area (Å²) in [6.45, 7) is 0.856. The van der Waals surface area contributed by atoms with Crippen molar-refractivity contribution in [3.8, 4) is 0 Å². The molecule has 1 aliphatic rings. The van der Waals surface area contributed by atoms with Crippen molar-refractivity contribution in [3.63, 3.8) is 0 Å². The van der Waals surface area contributed by atoms with Crippen LogP contribution in [0.1, 0.15) is 31.4 Å². The van der Waals surface area contributed by atoms with Crippen molar-refractivity contribution < 1.29 is 4.79 Å². The zero-order valence-electron chi connectivity index (χ0n) is 10.9. The number of rotatable bonds is 6. The van der Waals surface area contributed by atoms with Gasteiger partial charge in [-0.2, -0.15) is 0 Å². The summed E-state index contributed by atoms with van der Waals surface area (Å²) in [6.07, 6.45) is 7.89. The predicted octanol–water partition coefficient (Wildman–Crippen LogP) is -0.00790. The van der Waals surface area contributed by atoms with Gasteiger partial charge < -0.3 is 11.2 Å². The monoisotopic (exact) mass is 264 g/mol. The second-order valence-electron chi connectivity index (χ2n) is 4.85. The summed E-state index contributed by atoms with van der Waals surface area (Å²) < 4.78 is 0. The number of nitrogen functional groups attached to an aromatic ring is 1. The molecule has 1 fully saturated rings. The summed E-state index contributed by atoms with van der Waals surface area (Å²) in [5, 5.41) is 0. The molecule has 7 nitrogen and oxygen atoms in total. The van der Waals surface area contributed by atoms with Gasteiger partial charge >= 0.3 is 0 Å². The number of anilines is 1. The van der Waals surface area contributed by atoms with Crippen molar-refractivity contribution in [2.24, 2.45) is 11.6 Å². The van der Waals surface area contributed by atoms with Crippen LogP contribution in [0.4, 0.5) is 5.82 Å². The largest absolute Gasteiger partial charge is 0.369 e. The molecule has 1 saturated carbocycles. The topological polar surface area (TPSA) is 110 Å². The zero-order valence-corrected chi connectivity index (χ0v) is 10.9. The van der Waals surface area contributed by atoms with Crippen molar-refractivity contribution in [1.29, 1.82) is 0 Å². The molecule has 0 aliphatic heterocycles. The van der Waals surface area contributed by atoms with E-state index >= 15 is 0 Å². The number of nitrogens with zero attached hydrogens (tertiary/aromatic N) is 3. The minimum absolute atomic E-state index is 0.267. The van der Waals surface area contributed by atoms with Gasteiger partial charge in [0.1, 0.15) is 0 Å². The van der Waals surface area contributed by atoms with Crippen molar-refractivity contribution in [2.45, 2.75) is 38.3 Å². The summed E-state index contributed by atoms with van der Waals surface area (Å²) in [5.74, 6) is 5.46. The molecule has 19 heavy (non-hydrogen) atoms. The molecule has 5 N–H and O–H groups in total. The fourth-order valence-corrected chi connectivity index (χ4v) is 2.50. The van der Waals surface area contributed by atoms with Crippen molar-refractivity contribution in [1.82, 2.24) is 14.9 Å². The SMILES string of the molecule is NNc1cnc(CN(CC(N)=O)C2CCCC2)cn1. The first-order valence-electron chi connectivity index (χ1n) is 6.49. The van der Waals surface area contributed by atoms with Gasteiger partial charge in [0, 0.05) is 12.6 Å². The molecule has 0 radical (unpaired) electrons. The van der Waals surface area contributed by atoms with Gasteiger partial charge in [-0.3, -0.25) is 14.7 Å². The normalized spacial score (nSPS) is 15.9. The number of carbonyl (C=O) groups excluding carboxylic acids is 1. The van der Waals surface area contributed by atoms with E-state index in [1.807, 2.05) is 0 Å². The summed E-state index contributed by atoms with van der Waals surface area (Å²) in [5.41, 5.74) is 8.56. The van der Waals surface area contributed by atoms with Gasteiger partial charge in [0.05, 0.1) is 24.6 Å². The van der Waals surface area contributed by atoms with Gasteiger partial charge in [0.25, 0.3) is 0 Å². The number of aromatic nitrogens is 2. The van der Waals surface area contributed by atoms with Crippen molar-refractivity contribution in [2.75, 3.05) is 12.0 Å². The summed E-state index contributed by atoms with van der Waals surface area (Å²) in [6, 6.07) is 0.418. The Morgan fingerprint density at radius 1 is 1.37 bits per heavy atom. The third-order valence-corrected chi connectivity index (χ3v) is 3.42. The Kier molecular flexibility index (Phi) is 4.64. The first kappa shape index (κ1) is 13.7. The second kappa shape index (κ2) is 6.44. The molecule has 0 bridgehead atoms. The van der Waals surface area contributed by atoms with Crippen LogP contribution in [0.15, 0.2) is 12.4 Å². The van der Waals surface area contributed by atoms with Crippen LogP contribution in [0.3, 0.4) is 0 Å². The van der Waals surface area contributed by atoms with Crippen LogP contribution in [0.2, 0.25) is 0 Å². The number of primary amides is 1. The number of hydrogen-bond donors (Lipinski definition) is 3. The number of hydrogen-bond acceptors (Lipinski definition) is 6. The molecule has 104 valence electrons. The maximum absolute atomic E-state index is 11.2. The Balaban J connectivity index is 2.03. The molecule has 1 aliphatic carbocycles. The number of hydrazine groups is 1. The Hall–Kier alpha value is -1.73. The van der Waals surface area contributed by atoms with Crippen molar-refractivity contribution >= 4 is 11.7 Å². The summed E-state index contributed by atoms with van der Waals surface area (Å²) in [7, 11) is 0. The lowest BCUT2D eigenvalue weighted by atomic mass is 10.2. The first-order chi connectivity index (χ1) is 9.19. The van der Waals surface area contributed by atoms with E-state index in [4.69, 9.17) is 11.6 Å². The Morgan fingerprint density at radius 2 is 2.11 bits per heavy atom. The zero-order chi connectivity index (χ0) is 13.7. The van der Waals surface area contributed by atoms with E-state index in [-0.39, 0.29) is 12.5 Å². The smallest absolute Gasteiger partial charge is 0.231 e. The van der Waals surface area contributed by atoms with E-state index in [1.54, 1.807) is 12.4 Å². The molecule has 1 aromatic heterocycles. The minimum atomic E-state index is -0.305. The van der Waals surface area contributed by atoms with Gasteiger partial charge in [-0.1, -0.05) is 12.8 Å². The maximum Gasteiger partial charge on any atom is 0.231 e. The predicted molar refractivity (Wildman–Crippen MR) is 71.7 cm³/mol. The Bertz CT molecular complexity index is 415. The fourth-order valence-electron chi connectivity index (χ4n) is 2.50. The molecule has 0 saturated heterocycles. The highest BCUT2D eigenvalue weighted by Gasteiger charge is 2.24. The summed E-state index contributed by atoms with van der Waals surface area (Å²) >= 11 is 0. The van der Waals surface area contributed by atoms with Crippen LogP contribution >= 0.6 is 0 Å².